The van der Waals surface area contributed by atoms with Crippen molar-refractivity contribution in [1.29, 1.82) is 5.26 Å². The van der Waals surface area contributed by atoms with Gasteiger partial charge in [0.2, 0.25) is 0 Å². The van der Waals surface area contributed by atoms with Gasteiger partial charge in [0.05, 0.1) is 11.6 Å². The quantitative estimate of drug-likeness (QED) is 0.777. The van der Waals surface area contributed by atoms with Crippen molar-refractivity contribution in [3.63, 3.8) is 0 Å². The normalized spacial score (nSPS) is 9.65. The number of nitrogens with zero attached hydrogens (tertiary/aromatic N) is 1. The van der Waals surface area contributed by atoms with Crippen molar-refractivity contribution in [3.8, 4) is 6.07 Å². The van der Waals surface area contributed by atoms with Crippen molar-refractivity contribution >= 4 is 17.7 Å². The van der Waals surface area contributed by atoms with Gasteiger partial charge in [-0.25, -0.2) is 4.79 Å². The van der Waals surface area contributed by atoms with E-state index in [2.05, 4.69) is 10.1 Å². The molecule has 1 amide bonds. The van der Waals surface area contributed by atoms with Crippen LogP contribution in [0, 0.1) is 11.3 Å². The molecule has 0 aliphatic rings. The molecule has 6 heteroatoms. The molecule has 1 aromatic rings. The predicted molar refractivity (Wildman–Crippen MR) is 63.4 cm³/mol. The number of hydrogen-bond acceptors (Lipinski definition) is 4. The van der Waals surface area contributed by atoms with Crippen LogP contribution in [0.1, 0.15) is 11.1 Å². The van der Waals surface area contributed by atoms with Gasteiger partial charge in [0.25, 0.3) is 0 Å². The van der Waals surface area contributed by atoms with Gasteiger partial charge in [0.1, 0.15) is 6.61 Å². The van der Waals surface area contributed by atoms with Crippen LogP contribution in [0.15, 0.2) is 18.2 Å². The monoisotopic (exact) mass is 253 g/mol. The molecule has 0 heterocycles. The van der Waals surface area contributed by atoms with Crippen molar-refractivity contribution in [3.05, 3.63) is 34.3 Å². The summed E-state index contributed by atoms with van der Waals surface area (Å²) in [6, 6.07) is 7.10. The highest BCUT2D eigenvalue weighted by atomic mass is 35.5. The van der Waals surface area contributed by atoms with Crippen LogP contribution in [0.5, 0.6) is 0 Å². The summed E-state index contributed by atoms with van der Waals surface area (Å²) in [7, 11) is 0. The number of ether oxygens (including phenoxy) is 1. The molecule has 3 N–H and O–H groups in total. The molecule has 0 unspecified atom stereocenters. The summed E-state index contributed by atoms with van der Waals surface area (Å²) in [6.07, 6.45) is -0.789. The van der Waals surface area contributed by atoms with Crippen LogP contribution in [-0.4, -0.2) is 19.2 Å². The number of amides is 1. The van der Waals surface area contributed by atoms with E-state index in [-0.39, 0.29) is 6.61 Å². The van der Waals surface area contributed by atoms with Crippen molar-refractivity contribution in [2.24, 2.45) is 5.73 Å². The van der Waals surface area contributed by atoms with E-state index in [1.807, 2.05) is 6.07 Å². The maximum atomic E-state index is 10.3. The Kier molecular flexibility index (Phi) is 5.27. The first-order chi connectivity index (χ1) is 8.13. The SMILES string of the molecule is N#Cc1ccc(CNCCOC(N)=O)c(Cl)c1. The van der Waals surface area contributed by atoms with E-state index in [4.69, 9.17) is 22.6 Å². The standard InChI is InChI=1S/C11H12ClN3O2/c12-10-5-8(6-13)1-2-9(10)7-15-3-4-17-11(14)16/h1-2,5,15H,3-4,7H2,(H2,14,16). The fraction of sp³-hybridized carbons (Fsp3) is 0.273. The molecule has 0 saturated carbocycles. The lowest BCUT2D eigenvalue weighted by Crippen LogP contribution is -2.23. The first-order valence-corrected chi connectivity index (χ1v) is 5.32. The Bertz CT molecular complexity index is 443. The van der Waals surface area contributed by atoms with E-state index < -0.39 is 6.09 Å². The number of carbonyl (C=O) groups is 1. The summed E-state index contributed by atoms with van der Waals surface area (Å²) in [4.78, 5) is 10.3. The molecule has 1 aromatic carbocycles. The minimum absolute atomic E-state index is 0.212. The number of nitrogens with two attached hydrogens (primary N) is 1. The number of nitrogens with one attached hydrogen (secondary N) is 1. The molecular weight excluding hydrogens is 242 g/mol. The van der Waals surface area contributed by atoms with Crippen LogP contribution in [0.25, 0.3) is 0 Å². The highest BCUT2D eigenvalue weighted by Gasteiger charge is 2.01. The lowest BCUT2D eigenvalue weighted by molar-refractivity contribution is 0.157. The molecule has 0 fully saturated rings. The average molecular weight is 254 g/mol. The topological polar surface area (TPSA) is 88.1 Å². The number of carbonyl (C=O) groups excluding carboxylic acids is 1. The molecular formula is C11H12ClN3O2. The van der Waals surface area contributed by atoms with Crippen LogP contribution in [-0.2, 0) is 11.3 Å². The average Bonchev–Trinajstić information content (AvgIpc) is 2.30. The molecule has 1 rings (SSSR count). The number of nitriles is 1. The van der Waals surface area contributed by atoms with Crippen LogP contribution >= 0.6 is 11.6 Å². The second-order valence-corrected chi connectivity index (χ2v) is 3.67. The Morgan fingerprint density at radius 1 is 1.59 bits per heavy atom. The van der Waals surface area contributed by atoms with E-state index in [0.717, 1.165) is 5.56 Å². The number of primary amides is 1. The fourth-order valence-corrected chi connectivity index (χ4v) is 1.45. The summed E-state index contributed by atoms with van der Waals surface area (Å²) in [5, 5.41) is 12.2. The lowest BCUT2D eigenvalue weighted by Gasteiger charge is -2.06. The predicted octanol–water partition coefficient (Wildman–Crippen LogP) is 1.40. The molecule has 0 bridgehead atoms. The summed E-state index contributed by atoms with van der Waals surface area (Å²) < 4.78 is 4.55. The van der Waals surface area contributed by atoms with Gasteiger partial charge in [-0.15, -0.1) is 0 Å². The molecule has 5 nitrogen and oxygen atoms in total. The molecule has 0 atom stereocenters. The number of benzene rings is 1. The largest absolute Gasteiger partial charge is 0.448 e. The van der Waals surface area contributed by atoms with E-state index in [9.17, 15) is 4.79 Å². The van der Waals surface area contributed by atoms with Gasteiger partial charge < -0.3 is 15.8 Å². The minimum atomic E-state index is -0.789. The highest BCUT2D eigenvalue weighted by molar-refractivity contribution is 6.31. The third-order valence-electron chi connectivity index (χ3n) is 2.02. The fourth-order valence-electron chi connectivity index (χ4n) is 1.21. The molecule has 0 radical (unpaired) electrons. The molecule has 0 aromatic heterocycles. The molecule has 17 heavy (non-hydrogen) atoms. The van der Waals surface area contributed by atoms with E-state index >= 15 is 0 Å². The summed E-state index contributed by atoms with van der Waals surface area (Å²) in [6.45, 7) is 1.23. The van der Waals surface area contributed by atoms with Gasteiger partial charge in [0, 0.05) is 18.1 Å². The van der Waals surface area contributed by atoms with E-state index in [0.29, 0.717) is 23.7 Å². The number of halogens is 1. The smallest absolute Gasteiger partial charge is 0.404 e. The van der Waals surface area contributed by atoms with Gasteiger partial charge in [-0.1, -0.05) is 17.7 Å². The Hall–Kier alpha value is -1.77. The zero-order valence-electron chi connectivity index (χ0n) is 9.07. The first kappa shape index (κ1) is 13.3. The third kappa shape index (κ3) is 4.72. The highest BCUT2D eigenvalue weighted by Crippen LogP contribution is 2.17. The second-order valence-electron chi connectivity index (χ2n) is 3.26. The van der Waals surface area contributed by atoms with Gasteiger partial charge in [-0.2, -0.15) is 5.26 Å². The third-order valence-corrected chi connectivity index (χ3v) is 2.37. The van der Waals surface area contributed by atoms with Crippen molar-refractivity contribution in [2.75, 3.05) is 13.2 Å². The van der Waals surface area contributed by atoms with Crippen LogP contribution in [0.4, 0.5) is 4.79 Å². The molecule has 0 saturated heterocycles. The minimum Gasteiger partial charge on any atom is -0.448 e. The van der Waals surface area contributed by atoms with Crippen molar-refractivity contribution < 1.29 is 9.53 Å². The van der Waals surface area contributed by atoms with Gasteiger partial charge in [-0.05, 0) is 17.7 Å². The van der Waals surface area contributed by atoms with Crippen molar-refractivity contribution in [2.45, 2.75) is 6.54 Å². The summed E-state index contributed by atoms with van der Waals surface area (Å²) >= 11 is 5.97. The molecule has 0 aliphatic carbocycles. The first-order valence-electron chi connectivity index (χ1n) is 4.95. The summed E-state index contributed by atoms with van der Waals surface area (Å²) in [5.74, 6) is 0. The molecule has 0 aliphatic heterocycles. The van der Waals surface area contributed by atoms with E-state index in [1.165, 1.54) is 0 Å². The molecule has 0 spiro atoms. The van der Waals surface area contributed by atoms with Crippen LogP contribution < -0.4 is 11.1 Å². The summed E-state index contributed by atoms with van der Waals surface area (Å²) in [5.41, 5.74) is 6.20. The number of hydrogen-bond donors (Lipinski definition) is 2. The Morgan fingerprint density at radius 2 is 2.35 bits per heavy atom. The Morgan fingerprint density at radius 3 is 2.94 bits per heavy atom. The van der Waals surface area contributed by atoms with Crippen LogP contribution in [0.3, 0.4) is 0 Å². The second kappa shape index (κ2) is 6.74. The number of rotatable bonds is 5. The maximum Gasteiger partial charge on any atom is 0.404 e. The Balaban J connectivity index is 2.37. The van der Waals surface area contributed by atoms with Crippen LogP contribution in [0.2, 0.25) is 5.02 Å². The van der Waals surface area contributed by atoms with Gasteiger partial charge in [-0.3, -0.25) is 0 Å². The zero-order valence-corrected chi connectivity index (χ0v) is 9.83. The lowest BCUT2D eigenvalue weighted by atomic mass is 10.1. The van der Waals surface area contributed by atoms with E-state index in [1.54, 1.807) is 18.2 Å². The Labute approximate surface area is 104 Å². The van der Waals surface area contributed by atoms with Gasteiger partial charge in [0.15, 0.2) is 0 Å². The maximum absolute atomic E-state index is 10.3. The zero-order chi connectivity index (χ0) is 12.7. The van der Waals surface area contributed by atoms with Crippen molar-refractivity contribution in [1.82, 2.24) is 5.32 Å². The van der Waals surface area contributed by atoms with Gasteiger partial charge >= 0.3 is 6.09 Å². The molecule has 90 valence electrons.